The molecule has 0 aliphatic carbocycles. The number of carbonyl (C=O) groups excluding carboxylic acids is 1. The molecule has 2 aromatic rings. The SMILES string of the molecule is Cc1nn(CC(C)C)c(Cl)c1C(=O)Nc1cccc(Br)c1. The Morgan fingerprint density at radius 3 is 2.81 bits per heavy atom. The summed E-state index contributed by atoms with van der Waals surface area (Å²) in [6.45, 7) is 6.63. The van der Waals surface area contributed by atoms with Crippen LogP contribution < -0.4 is 5.32 Å². The smallest absolute Gasteiger partial charge is 0.260 e. The van der Waals surface area contributed by atoms with Crippen molar-refractivity contribution in [2.75, 3.05) is 5.32 Å². The van der Waals surface area contributed by atoms with Crippen molar-refractivity contribution >= 4 is 39.1 Å². The van der Waals surface area contributed by atoms with Gasteiger partial charge in [-0.25, -0.2) is 0 Å². The predicted octanol–water partition coefficient (Wildman–Crippen LogP) is 4.52. The first kappa shape index (κ1) is 16.0. The van der Waals surface area contributed by atoms with E-state index in [2.05, 4.69) is 40.2 Å². The van der Waals surface area contributed by atoms with Crippen molar-refractivity contribution in [2.24, 2.45) is 5.92 Å². The molecule has 1 aromatic carbocycles. The van der Waals surface area contributed by atoms with Gasteiger partial charge in [-0.15, -0.1) is 0 Å². The molecule has 6 heteroatoms. The number of rotatable bonds is 4. The van der Waals surface area contributed by atoms with E-state index in [1.807, 2.05) is 24.3 Å². The van der Waals surface area contributed by atoms with Gasteiger partial charge in [0.05, 0.1) is 11.3 Å². The minimum Gasteiger partial charge on any atom is -0.322 e. The first-order valence-corrected chi connectivity index (χ1v) is 7.85. The average molecular weight is 371 g/mol. The summed E-state index contributed by atoms with van der Waals surface area (Å²) in [5.41, 5.74) is 1.77. The quantitative estimate of drug-likeness (QED) is 0.860. The average Bonchev–Trinajstić information content (AvgIpc) is 2.63. The second-order valence-electron chi connectivity index (χ2n) is 5.29. The van der Waals surface area contributed by atoms with Crippen molar-refractivity contribution in [1.82, 2.24) is 9.78 Å². The van der Waals surface area contributed by atoms with E-state index in [1.165, 1.54) is 0 Å². The van der Waals surface area contributed by atoms with Gasteiger partial charge in [0.15, 0.2) is 0 Å². The van der Waals surface area contributed by atoms with Crippen molar-refractivity contribution in [3.8, 4) is 0 Å². The number of amides is 1. The molecule has 4 nitrogen and oxygen atoms in total. The molecule has 1 heterocycles. The number of nitrogens with zero attached hydrogens (tertiary/aromatic N) is 2. The number of halogens is 2. The van der Waals surface area contributed by atoms with Crippen LogP contribution >= 0.6 is 27.5 Å². The molecule has 0 saturated carbocycles. The van der Waals surface area contributed by atoms with Gasteiger partial charge in [-0.3, -0.25) is 9.48 Å². The first-order valence-electron chi connectivity index (χ1n) is 6.68. The van der Waals surface area contributed by atoms with E-state index in [1.54, 1.807) is 11.6 Å². The fraction of sp³-hybridized carbons (Fsp3) is 0.333. The van der Waals surface area contributed by atoms with E-state index in [0.717, 1.165) is 4.47 Å². The molecule has 0 saturated heterocycles. The van der Waals surface area contributed by atoms with Gasteiger partial charge in [0.25, 0.3) is 5.91 Å². The molecule has 2 rings (SSSR count). The molecule has 0 bridgehead atoms. The van der Waals surface area contributed by atoms with Crippen LogP contribution in [0.3, 0.4) is 0 Å². The van der Waals surface area contributed by atoms with Crippen LogP contribution in [0.4, 0.5) is 5.69 Å². The van der Waals surface area contributed by atoms with Crippen LogP contribution in [0.5, 0.6) is 0 Å². The summed E-state index contributed by atoms with van der Waals surface area (Å²) in [6, 6.07) is 7.41. The number of aromatic nitrogens is 2. The molecule has 0 aliphatic heterocycles. The van der Waals surface area contributed by atoms with Gasteiger partial charge in [-0.05, 0) is 31.0 Å². The van der Waals surface area contributed by atoms with Crippen LogP contribution in [0, 0.1) is 12.8 Å². The summed E-state index contributed by atoms with van der Waals surface area (Å²) < 4.78 is 2.58. The maximum atomic E-state index is 12.4. The first-order chi connectivity index (χ1) is 9.88. The summed E-state index contributed by atoms with van der Waals surface area (Å²) >= 11 is 9.67. The molecular weight excluding hydrogens is 354 g/mol. The van der Waals surface area contributed by atoms with Gasteiger partial charge in [-0.2, -0.15) is 5.10 Å². The second kappa shape index (κ2) is 6.62. The standard InChI is InChI=1S/C15H17BrClN3O/c1-9(2)8-20-14(17)13(10(3)19-20)15(21)18-12-6-4-5-11(16)7-12/h4-7,9H,8H2,1-3H3,(H,18,21). The lowest BCUT2D eigenvalue weighted by atomic mass is 10.2. The molecule has 0 spiro atoms. The molecule has 1 amide bonds. The third-order valence-electron chi connectivity index (χ3n) is 2.91. The van der Waals surface area contributed by atoms with Gasteiger partial charge in [0.2, 0.25) is 0 Å². The number of carbonyl (C=O) groups is 1. The van der Waals surface area contributed by atoms with Crippen molar-refractivity contribution in [2.45, 2.75) is 27.3 Å². The van der Waals surface area contributed by atoms with Crippen LogP contribution in [0.1, 0.15) is 29.9 Å². The number of hydrogen-bond donors (Lipinski definition) is 1. The number of anilines is 1. The minimum absolute atomic E-state index is 0.245. The Balaban J connectivity index is 2.25. The molecule has 21 heavy (non-hydrogen) atoms. The zero-order chi connectivity index (χ0) is 15.6. The van der Waals surface area contributed by atoms with Crippen LogP contribution in [0.2, 0.25) is 5.15 Å². The topological polar surface area (TPSA) is 46.9 Å². The lowest BCUT2D eigenvalue weighted by Crippen LogP contribution is -2.13. The van der Waals surface area contributed by atoms with E-state index in [9.17, 15) is 4.79 Å². The maximum Gasteiger partial charge on any atom is 0.260 e. The van der Waals surface area contributed by atoms with Crippen LogP contribution in [0.25, 0.3) is 0 Å². The molecule has 1 N–H and O–H groups in total. The Bertz CT molecular complexity index is 667. The Kier molecular flexibility index (Phi) is 5.06. The lowest BCUT2D eigenvalue weighted by Gasteiger charge is -2.07. The lowest BCUT2D eigenvalue weighted by molar-refractivity contribution is 0.102. The fourth-order valence-corrected chi connectivity index (χ4v) is 2.77. The zero-order valence-corrected chi connectivity index (χ0v) is 14.5. The minimum atomic E-state index is -0.245. The number of aryl methyl sites for hydroxylation is 1. The second-order valence-corrected chi connectivity index (χ2v) is 6.57. The Morgan fingerprint density at radius 1 is 1.48 bits per heavy atom. The predicted molar refractivity (Wildman–Crippen MR) is 88.9 cm³/mol. The summed E-state index contributed by atoms with van der Waals surface area (Å²) in [5.74, 6) is 0.161. The van der Waals surface area contributed by atoms with E-state index >= 15 is 0 Å². The van der Waals surface area contributed by atoms with Gasteiger partial charge < -0.3 is 5.32 Å². The molecule has 0 radical (unpaired) electrons. The van der Waals surface area contributed by atoms with Crippen LogP contribution in [0.15, 0.2) is 28.7 Å². The maximum absolute atomic E-state index is 12.4. The molecule has 0 atom stereocenters. The molecule has 0 aliphatic rings. The van der Waals surface area contributed by atoms with Crippen LogP contribution in [-0.2, 0) is 6.54 Å². The largest absolute Gasteiger partial charge is 0.322 e. The number of hydrogen-bond acceptors (Lipinski definition) is 2. The summed E-state index contributed by atoms with van der Waals surface area (Å²) in [5, 5.41) is 7.57. The zero-order valence-electron chi connectivity index (χ0n) is 12.2. The molecule has 0 unspecified atom stereocenters. The summed E-state index contributed by atoms with van der Waals surface area (Å²) in [6.07, 6.45) is 0. The van der Waals surface area contributed by atoms with Gasteiger partial charge in [-0.1, -0.05) is 47.4 Å². The number of benzene rings is 1. The van der Waals surface area contributed by atoms with E-state index in [0.29, 0.717) is 34.6 Å². The highest BCUT2D eigenvalue weighted by atomic mass is 79.9. The van der Waals surface area contributed by atoms with Crippen molar-refractivity contribution in [3.63, 3.8) is 0 Å². The van der Waals surface area contributed by atoms with Crippen molar-refractivity contribution in [1.29, 1.82) is 0 Å². The van der Waals surface area contributed by atoms with Gasteiger partial charge >= 0.3 is 0 Å². The van der Waals surface area contributed by atoms with E-state index in [4.69, 9.17) is 11.6 Å². The molecule has 112 valence electrons. The highest BCUT2D eigenvalue weighted by molar-refractivity contribution is 9.10. The van der Waals surface area contributed by atoms with Crippen molar-refractivity contribution in [3.05, 3.63) is 45.1 Å². The third-order valence-corrected chi connectivity index (χ3v) is 3.79. The fourth-order valence-electron chi connectivity index (χ4n) is 2.04. The van der Waals surface area contributed by atoms with E-state index < -0.39 is 0 Å². The molecule has 0 fully saturated rings. The highest BCUT2D eigenvalue weighted by Crippen LogP contribution is 2.23. The normalized spacial score (nSPS) is 11.0. The monoisotopic (exact) mass is 369 g/mol. The number of nitrogens with one attached hydrogen (secondary N) is 1. The van der Waals surface area contributed by atoms with Gasteiger partial charge in [0.1, 0.15) is 5.15 Å². The molecular formula is C15H17BrClN3O. The Morgan fingerprint density at radius 2 is 2.19 bits per heavy atom. The molecule has 1 aromatic heterocycles. The van der Waals surface area contributed by atoms with E-state index in [-0.39, 0.29) is 5.91 Å². The highest BCUT2D eigenvalue weighted by Gasteiger charge is 2.20. The van der Waals surface area contributed by atoms with Gasteiger partial charge in [0, 0.05) is 16.7 Å². The Hall–Kier alpha value is -1.33. The van der Waals surface area contributed by atoms with Crippen molar-refractivity contribution < 1.29 is 4.79 Å². The summed E-state index contributed by atoms with van der Waals surface area (Å²) in [4.78, 5) is 12.4. The van der Waals surface area contributed by atoms with Crippen LogP contribution in [-0.4, -0.2) is 15.7 Å². The third kappa shape index (κ3) is 3.86. The Labute approximate surface area is 137 Å². The summed E-state index contributed by atoms with van der Waals surface area (Å²) in [7, 11) is 0.